The van der Waals surface area contributed by atoms with Crippen LogP contribution in [0.2, 0.25) is 0 Å². The number of hydrogen-bond acceptors (Lipinski definition) is 5. The Balaban J connectivity index is 1.28. The minimum atomic E-state index is -1.04. The van der Waals surface area contributed by atoms with Gasteiger partial charge in [0.2, 0.25) is 0 Å². The molecule has 0 N–H and O–H groups in total. The van der Waals surface area contributed by atoms with Crippen LogP contribution in [0.1, 0.15) is 68.6 Å². The van der Waals surface area contributed by atoms with E-state index < -0.39 is 5.60 Å². The minimum Gasteiger partial charge on any atom is -0.491 e. The van der Waals surface area contributed by atoms with Gasteiger partial charge in [0, 0.05) is 13.1 Å². The summed E-state index contributed by atoms with van der Waals surface area (Å²) in [6, 6.07) is 14.4. The number of carbonyl (C=O) groups excluding carboxylic acids is 2. The number of unbranched alkanes of at least 4 members (excludes halogenated alkanes) is 1. The van der Waals surface area contributed by atoms with Gasteiger partial charge in [-0.25, -0.2) is 0 Å². The number of benzene rings is 2. The van der Waals surface area contributed by atoms with Crippen molar-refractivity contribution >= 4 is 11.8 Å². The van der Waals surface area contributed by atoms with Crippen LogP contribution in [-0.2, 0) is 33.6 Å². The highest BCUT2D eigenvalue weighted by atomic mass is 16.5. The second-order valence-corrected chi connectivity index (χ2v) is 11.4. The molecule has 1 fully saturated rings. The van der Waals surface area contributed by atoms with Crippen LogP contribution in [0.15, 0.2) is 42.5 Å². The van der Waals surface area contributed by atoms with Crippen molar-refractivity contribution in [2.75, 3.05) is 46.0 Å². The highest BCUT2D eigenvalue weighted by Crippen LogP contribution is 2.30. The highest BCUT2D eigenvalue weighted by Gasteiger charge is 2.46. The molecular weight excluding hydrogens is 504 g/mol. The third-order valence-electron chi connectivity index (χ3n) is 8.55. The van der Waals surface area contributed by atoms with Gasteiger partial charge < -0.3 is 24.0 Å². The summed E-state index contributed by atoms with van der Waals surface area (Å²) in [5, 5.41) is 0. The third kappa shape index (κ3) is 6.80. The molecule has 1 aliphatic carbocycles. The van der Waals surface area contributed by atoms with Gasteiger partial charge in [-0.05, 0) is 92.7 Å². The molecule has 2 amide bonds. The molecule has 7 heteroatoms. The summed E-state index contributed by atoms with van der Waals surface area (Å²) < 4.78 is 18.5. The Hall–Kier alpha value is -3.06. The summed E-state index contributed by atoms with van der Waals surface area (Å²) >= 11 is 0. The van der Waals surface area contributed by atoms with Crippen molar-refractivity contribution in [3.05, 3.63) is 59.2 Å². The van der Waals surface area contributed by atoms with Crippen molar-refractivity contribution in [3.63, 3.8) is 0 Å². The molecule has 5 rings (SSSR count). The van der Waals surface area contributed by atoms with Crippen LogP contribution in [0.5, 0.6) is 11.5 Å². The number of fused-ring (bicyclic) bond motifs is 2. The second kappa shape index (κ2) is 13.5. The monoisotopic (exact) mass is 548 g/mol. The fourth-order valence-electron chi connectivity index (χ4n) is 6.22. The average molecular weight is 549 g/mol. The van der Waals surface area contributed by atoms with Gasteiger partial charge in [-0.2, -0.15) is 0 Å². The van der Waals surface area contributed by atoms with Gasteiger partial charge in [0.1, 0.15) is 18.1 Å². The quantitative estimate of drug-likeness (QED) is 0.510. The third-order valence-corrected chi connectivity index (χ3v) is 8.55. The van der Waals surface area contributed by atoms with Crippen LogP contribution < -0.4 is 9.47 Å². The lowest BCUT2D eigenvalue weighted by Crippen LogP contribution is -2.62. The van der Waals surface area contributed by atoms with Crippen molar-refractivity contribution in [1.29, 1.82) is 0 Å². The first-order valence-corrected chi connectivity index (χ1v) is 15.2. The molecule has 2 heterocycles. The first-order valence-electron chi connectivity index (χ1n) is 15.2. The predicted molar refractivity (Wildman–Crippen MR) is 155 cm³/mol. The average Bonchev–Trinajstić information content (AvgIpc) is 2.99. The van der Waals surface area contributed by atoms with Gasteiger partial charge in [0.05, 0.1) is 19.7 Å². The van der Waals surface area contributed by atoms with Crippen molar-refractivity contribution in [2.45, 2.75) is 76.7 Å². The molecule has 2 aromatic carbocycles. The van der Waals surface area contributed by atoms with Crippen molar-refractivity contribution in [3.8, 4) is 11.5 Å². The van der Waals surface area contributed by atoms with Crippen molar-refractivity contribution in [2.24, 2.45) is 0 Å². The van der Waals surface area contributed by atoms with E-state index in [2.05, 4.69) is 25.1 Å². The molecule has 3 aliphatic rings. The molecule has 216 valence electrons. The number of carbonyl (C=O) groups is 2. The molecule has 0 saturated carbocycles. The number of rotatable bonds is 6. The number of ether oxygens (including phenoxy) is 3. The summed E-state index contributed by atoms with van der Waals surface area (Å²) in [6.07, 6.45) is 9.75. The van der Waals surface area contributed by atoms with E-state index in [1.165, 1.54) is 29.5 Å². The Morgan fingerprint density at radius 3 is 2.62 bits per heavy atom. The zero-order valence-corrected chi connectivity index (χ0v) is 24.0. The maximum absolute atomic E-state index is 14.1. The van der Waals surface area contributed by atoms with Gasteiger partial charge in [-0.1, -0.05) is 37.6 Å². The van der Waals surface area contributed by atoms with E-state index in [4.69, 9.17) is 14.2 Å². The summed E-state index contributed by atoms with van der Waals surface area (Å²) in [4.78, 5) is 31.2. The molecule has 2 aliphatic heterocycles. The van der Waals surface area contributed by atoms with E-state index in [0.717, 1.165) is 56.4 Å². The van der Waals surface area contributed by atoms with Crippen molar-refractivity contribution < 1.29 is 23.8 Å². The summed E-state index contributed by atoms with van der Waals surface area (Å²) in [7, 11) is 0. The number of hydrogen-bond donors (Lipinski definition) is 0. The standard InChI is InChI=1S/C33H44N2O5/c1-2-3-18-34-19-21-38-30-14-7-6-11-27(30)12-8-9-17-33(32(34)37)25-35(20-22-40-33)31(36)24-39-29-16-15-26-10-4-5-13-28(26)23-29/h6-7,11,14-16,23H,2-5,8-10,12-13,17-22,24-25H2,1H3. The first kappa shape index (κ1) is 28.5. The summed E-state index contributed by atoms with van der Waals surface area (Å²) in [5.74, 6) is 1.53. The maximum atomic E-state index is 14.1. The summed E-state index contributed by atoms with van der Waals surface area (Å²) in [6.45, 7) is 4.74. The Bertz CT molecular complexity index is 1170. The Morgan fingerprint density at radius 2 is 1.75 bits per heavy atom. The van der Waals surface area contributed by atoms with E-state index >= 15 is 0 Å². The molecule has 0 aromatic heterocycles. The molecule has 0 bridgehead atoms. The zero-order chi connectivity index (χ0) is 27.8. The molecule has 40 heavy (non-hydrogen) atoms. The first-order chi connectivity index (χ1) is 19.6. The second-order valence-electron chi connectivity index (χ2n) is 11.4. The number of amides is 2. The molecule has 1 atom stereocenters. The number of para-hydroxylation sites is 1. The fourth-order valence-corrected chi connectivity index (χ4v) is 6.22. The van der Waals surface area contributed by atoms with E-state index in [-0.39, 0.29) is 25.0 Å². The fraction of sp³-hybridized carbons (Fsp3) is 0.576. The summed E-state index contributed by atoms with van der Waals surface area (Å²) in [5.41, 5.74) is 2.89. The smallest absolute Gasteiger partial charge is 0.260 e. The van der Waals surface area contributed by atoms with Crippen LogP contribution in [0.25, 0.3) is 0 Å². The largest absolute Gasteiger partial charge is 0.491 e. The number of nitrogens with zero attached hydrogens (tertiary/aromatic N) is 2. The zero-order valence-electron chi connectivity index (χ0n) is 24.0. The van der Waals surface area contributed by atoms with Gasteiger partial charge in [0.25, 0.3) is 11.8 Å². The maximum Gasteiger partial charge on any atom is 0.260 e. The molecule has 2 aromatic rings. The van der Waals surface area contributed by atoms with Crippen LogP contribution in [0.3, 0.4) is 0 Å². The van der Waals surface area contributed by atoms with Crippen molar-refractivity contribution in [1.82, 2.24) is 9.80 Å². The van der Waals surface area contributed by atoms with E-state index in [1.54, 1.807) is 4.90 Å². The lowest BCUT2D eigenvalue weighted by molar-refractivity contribution is -0.177. The SMILES string of the molecule is CCCCN1CCOc2ccccc2CCCCC2(CN(C(=O)COc3ccc4c(c3)CCCC4)CCO2)C1=O. The van der Waals surface area contributed by atoms with Gasteiger partial charge in [-0.3, -0.25) is 9.59 Å². The lowest BCUT2D eigenvalue weighted by Gasteiger charge is -2.44. The molecule has 0 radical (unpaired) electrons. The van der Waals surface area contributed by atoms with Gasteiger partial charge in [0.15, 0.2) is 12.2 Å². The van der Waals surface area contributed by atoms with Crippen LogP contribution >= 0.6 is 0 Å². The van der Waals surface area contributed by atoms with E-state index in [9.17, 15) is 9.59 Å². The molecule has 1 unspecified atom stereocenters. The topological polar surface area (TPSA) is 68.3 Å². The molecule has 1 saturated heterocycles. The van der Waals surface area contributed by atoms with Crippen LogP contribution in [0.4, 0.5) is 0 Å². The predicted octanol–water partition coefficient (Wildman–Crippen LogP) is 4.98. The highest BCUT2D eigenvalue weighted by molar-refractivity contribution is 5.87. The molecular formula is C33H44N2O5. The minimum absolute atomic E-state index is 0.0217. The van der Waals surface area contributed by atoms with E-state index in [0.29, 0.717) is 39.3 Å². The van der Waals surface area contributed by atoms with Gasteiger partial charge in [-0.15, -0.1) is 0 Å². The molecule has 7 nitrogen and oxygen atoms in total. The van der Waals surface area contributed by atoms with Crippen LogP contribution in [-0.4, -0.2) is 73.2 Å². The Kier molecular flexibility index (Phi) is 9.63. The Labute approximate surface area is 238 Å². The number of aryl methyl sites for hydroxylation is 3. The number of morpholine rings is 1. The Morgan fingerprint density at radius 1 is 0.950 bits per heavy atom. The molecule has 1 spiro atoms. The normalized spacial score (nSPS) is 22.0. The van der Waals surface area contributed by atoms with Crippen LogP contribution in [0, 0.1) is 0 Å². The van der Waals surface area contributed by atoms with E-state index in [1.807, 2.05) is 29.2 Å². The van der Waals surface area contributed by atoms with Gasteiger partial charge >= 0.3 is 0 Å². The lowest BCUT2D eigenvalue weighted by atomic mass is 9.90.